The summed E-state index contributed by atoms with van der Waals surface area (Å²) in [5.74, 6) is 0. The molecule has 2 rings (SSSR count). The molecule has 102 valence electrons. The van der Waals surface area contributed by atoms with Crippen LogP contribution in [0.15, 0.2) is 0 Å². The molecule has 0 unspecified atom stereocenters. The summed E-state index contributed by atoms with van der Waals surface area (Å²) in [7, 11) is 0. The number of aromatic nitrogens is 3. The second-order valence-electron chi connectivity index (χ2n) is 4.62. The van der Waals surface area contributed by atoms with Crippen molar-refractivity contribution in [1.82, 2.24) is 15.0 Å². The van der Waals surface area contributed by atoms with E-state index in [2.05, 4.69) is 10.3 Å². The Bertz CT molecular complexity index is 409. The quantitative estimate of drug-likeness (QED) is 0.635. The molecule has 0 aromatic carbocycles. The predicted molar refractivity (Wildman–Crippen MR) is 62.0 cm³/mol. The summed E-state index contributed by atoms with van der Waals surface area (Å²) in [6.07, 6.45) is -1.94. The maximum Gasteiger partial charge on any atom is 0.108 e. The highest BCUT2D eigenvalue weighted by Crippen LogP contribution is 2.33. The predicted octanol–water partition coefficient (Wildman–Crippen LogP) is -1.06. The smallest absolute Gasteiger partial charge is 0.108 e. The van der Waals surface area contributed by atoms with Gasteiger partial charge < -0.3 is 20.1 Å². The lowest BCUT2D eigenvalue weighted by Gasteiger charge is -2.17. The minimum absolute atomic E-state index is 0.106. The Balaban J connectivity index is 2.13. The van der Waals surface area contributed by atoms with E-state index in [0.717, 1.165) is 11.4 Å². The van der Waals surface area contributed by atoms with E-state index in [4.69, 9.17) is 9.84 Å². The summed E-state index contributed by atoms with van der Waals surface area (Å²) < 4.78 is 6.94. The van der Waals surface area contributed by atoms with Crippen molar-refractivity contribution in [2.75, 3.05) is 13.2 Å². The second kappa shape index (κ2) is 5.31. The number of hydrogen-bond donors (Lipinski definition) is 3. The Kier molecular flexibility index (Phi) is 3.96. The first kappa shape index (κ1) is 13.4. The molecule has 0 bridgehead atoms. The zero-order valence-corrected chi connectivity index (χ0v) is 10.5. The molecule has 4 atom stereocenters. The summed E-state index contributed by atoms with van der Waals surface area (Å²) in [6.45, 7) is 3.76. The van der Waals surface area contributed by atoms with Gasteiger partial charge in [-0.05, 0) is 13.8 Å². The summed E-state index contributed by atoms with van der Waals surface area (Å²) >= 11 is 0. The molecule has 1 aliphatic rings. The lowest BCUT2D eigenvalue weighted by molar-refractivity contribution is -0.0630. The van der Waals surface area contributed by atoms with Crippen molar-refractivity contribution in [3.05, 3.63) is 11.4 Å². The van der Waals surface area contributed by atoms with Crippen molar-refractivity contribution in [2.45, 2.75) is 44.6 Å². The van der Waals surface area contributed by atoms with Gasteiger partial charge in [-0.15, -0.1) is 5.10 Å². The molecule has 7 heteroatoms. The molecule has 0 aliphatic heterocycles. The van der Waals surface area contributed by atoms with Gasteiger partial charge in [-0.25, -0.2) is 4.68 Å². The van der Waals surface area contributed by atoms with Gasteiger partial charge in [-0.3, -0.25) is 0 Å². The standard InChI is InChI=1S/C11H19N3O4/c1-6-7(2)14(13-12-6)8-5-9(18-4-3-15)11(17)10(8)16/h8-11,15-17H,3-5H2,1-2H3/t8-,9+,10+,11-/m1/s1. The van der Waals surface area contributed by atoms with Crippen LogP contribution in [-0.2, 0) is 4.74 Å². The van der Waals surface area contributed by atoms with E-state index in [-0.39, 0.29) is 19.3 Å². The maximum atomic E-state index is 10.0. The molecule has 1 heterocycles. The topological polar surface area (TPSA) is 101 Å². The molecule has 1 fully saturated rings. The van der Waals surface area contributed by atoms with E-state index in [0.29, 0.717) is 6.42 Å². The van der Waals surface area contributed by atoms with Crippen LogP contribution in [-0.4, -0.2) is 61.8 Å². The van der Waals surface area contributed by atoms with Crippen LogP contribution in [0, 0.1) is 13.8 Å². The summed E-state index contributed by atoms with van der Waals surface area (Å²) in [6, 6.07) is -0.343. The largest absolute Gasteiger partial charge is 0.394 e. The molecule has 7 nitrogen and oxygen atoms in total. The number of hydrogen-bond acceptors (Lipinski definition) is 6. The highest BCUT2D eigenvalue weighted by molar-refractivity contribution is 5.08. The van der Waals surface area contributed by atoms with Crippen LogP contribution in [0.5, 0.6) is 0 Å². The van der Waals surface area contributed by atoms with Crippen molar-refractivity contribution >= 4 is 0 Å². The average Bonchev–Trinajstić information content (AvgIpc) is 2.82. The normalized spacial score (nSPS) is 32.1. The molecule has 0 spiro atoms. The molecule has 0 amide bonds. The molecule has 1 aliphatic carbocycles. The fraction of sp³-hybridized carbons (Fsp3) is 0.818. The number of rotatable bonds is 4. The van der Waals surface area contributed by atoms with Gasteiger partial charge in [0.25, 0.3) is 0 Å². The van der Waals surface area contributed by atoms with Crippen LogP contribution in [0.2, 0.25) is 0 Å². The molecule has 3 N–H and O–H groups in total. The Morgan fingerprint density at radius 1 is 1.33 bits per heavy atom. The lowest BCUT2D eigenvalue weighted by Crippen LogP contribution is -2.33. The van der Waals surface area contributed by atoms with Crippen LogP contribution in [0.3, 0.4) is 0 Å². The van der Waals surface area contributed by atoms with Crippen LogP contribution >= 0.6 is 0 Å². The van der Waals surface area contributed by atoms with E-state index in [9.17, 15) is 10.2 Å². The molecule has 1 aromatic heterocycles. The number of ether oxygens (including phenoxy) is 1. The average molecular weight is 257 g/mol. The summed E-state index contributed by atoms with van der Waals surface area (Å²) in [5, 5.41) is 36.6. The molecule has 0 saturated heterocycles. The van der Waals surface area contributed by atoms with E-state index in [1.54, 1.807) is 4.68 Å². The maximum absolute atomic E-state index is 10.0. The first-order valence-corrected chi connectivity index (χ1v) is 6.03. The van der Waals surface area contributed by atoms with Crippen LogP contribution in [0.1, 0.15) is 23.9 Å². The highest BCUT2D eigenvalue weighted by atomic mass is 16.5. The van der Waals surface area contributed by atoms with E-state index in [1.807, 2.05) is 13.8 Å². The van der Waals surface area contributed by atoms with Gasteiger partial charge in [-0.2, -0.15) is 0 Å². The Morgan fingerprint density at radius 2 is 2.06 bits per heavy atom. The number of aliphatic hydroxyl groups excluding tert-OH is 3. The van der Waals surface area contributed by atoms with Crippen LogP contribution in [0.4, 0.5) is 0 Å². The van der Waals surface area contributed by atoms with Gasteiger partial charge in [-0.1, -0.05) is 5.21 Å². The van der Waals surface area contributed by atoms with Crippen LogP contribution < -0.4 is 0 Å². The van der Waals surface area contributed by atoms with E-state index < -0.39 is 18.3 Å². The summed E-state index contributed by atoms with van der Waals surface area (Å²) in [4.78, 5) is 0. The van der Waals surface area contributed by atoms with Gasteiger partial charge in [0.1, 0.15) is 12.2 Å². The van der Waals surface area contributed by atoms with Crippen molar-refractivity contribution in [3.63, 3.8) is 0 Å². The van der Waals surface area contributed by atoms with Crippen molar-refractivity contribution in [2.24, 2.45) is 0 Å². The van der Waals surface area contributed by atoms with Gasteiger partial charge >= 0.3 is 0 Å². The molecule has 1 aromatic rings. The molecule has 18 heavy (non-hydrogen) atoms. The third-order valence-corrected chi connectivity index (χ3v) is 3.49. The van der Waals surface area contributed by atoms with E-state index in [1.165, 1.54) is 0 Å². The highest BCUT2D eigenvalue weighted by Gasteiger charge is 2.44. The van der Waals surface area contributed by atoms with Crippen LogP contribution in [0.25, 0.3) is 0 Å². The van der Waals surface area contributed by atoms with Gasteiger partial charge in [0.2, 0.25) is 0 Å². The van der Waals surface area contributed by atoms with Gasteiger partial charge in [0, 0.05) is 6.42 Å². The fourth-order valence-electron chi connectivity index (χ4n) is 2.32. The number of nitrogens with zero attached hydrogens (tertiary/aromatic N) is 3. The monoisotopic (exact) mass is 257 g/mol. The van der Waals surface area contributed by atoms with Crippen molar-refractivity contribution in [1.29, 1.82) is 0 Å². The molecule has 0 radical (unpaired) electrons. The third kappa shape index (κ3) is 2.26. The Morgan fingerprint density at radius 3 is 2.61 bits per heavy atom. The fourth-order valence-corrected chi connectivity index (χ4v) is 2.32. The van der Waals surface area contributed by atoms with Gasteiger partial charge in [0.15, 0.2) is 0 Å². The van der Waals surface area contributed by atoms with Gasteiger partial charge in [0.05, 0.1) is 36.7 Å². The first-order chi connectivity index (χ1) is 8.56. The molecular formula is C11H19N3O4. The minimum atomic E-state index is -0.967. The first-order valence-electron chi connectivity index (χ1n) is 6.03. The SMILES string of the molecule is Cc1nnn([C@@H]2C[C@H](OCCO)[C@@H](O)[C@H]2O)c1C. The Hall–Kier alpha value is -1.02. The molecular weight excluding hydrogens is 238 g/mol. The Labute approximate surface area is 105 Å². The minimum Gasteiger partial charge on any atom is -0.394 e. The second-order valence-corrected chi connectivity index (χ2v) is 4.62. The third-order valence-electron chi connectivity index (χ3n) is 3.49. The zero-order chi connectivity index (χ0) is 13.3. The number of aryl methyl sites for hydroxylation is 1. The molecule has 1 saturated carbocycles. The lowest BCUT2D eigenvalue weighted by atomic mass is 10.2. The van der Waals surface area contributed by atoms with E-state index >= 15 is 0 Å². The summed E-state index contributed by atoms with van der Waals surface area (Å²) in [5.41, 5.74) is 1.67. The van der Waals surface area contributed by atoms with Crippen molar-refractivity contribution < 1.29 is 20.1 Å². The number of aliphatic hydroxyl groups is 3. The zero-order valence-electron chi connectivity index (χ0n) is 10.5. The van der Waals surface area contributed by atoms with Crippen molar-refractivity contribution in [3.8, 4) is 0 Å².